The summed E-state index contributed by atoms with van der Waals surface area (Å²) in [5.41, 5.74) is 13.8. The van der Waals surface area contributed by atoms with Crippen LogP contribution in [0.5, 0.6) is 0 Å². The van der Waals surface area contributed by atoms with Gasteiger partial charge in [0.25, 0.3) is 5.91 Å². The molecule has 0 spiro atoms. The highest BCUT2D eigenvalue weighted by Gasteiger charge is 2.39. The van der Waals surface area contributed by atoms with Crippen LogP contribution in [0, 0.1) is 6.92 Å². The summed E-state index contributed by atoms with van der Waals surface area (Å²) in [4.78, 5) is 19.4. The lowest BCUT2D eigenvalue weighted by atomic mass is 9.88. The lowest BCUT2D eigenvalue weighted by molar-refractivity contribution is -0.140. The third-order valence-electron chi connectivity index (χ3n) is 6.17. The Hall–Kier alpha value is -4.02. The minimum Gasteiger partial charge on any atom is -0.404 e. The number of allylic oxidation sites excluding steroid dienone is 2. The number of hydrogen-bond donors (Lipinski definition) is 2. The average molecular weight is 500 g/mol. The number of carbonyl (C=O) groups excluding carboxylic acids is 1. The number of aromatic nitrogens is 4. The van der Waals surface area contributed by atoms with Crippen molar-refractivity contribution in [2.45, 2.75) is 33.0 Å². The number of imidazole rings is 1. The summed E-state index contributed by atoms with van der Waals surface area (Å²) in [7, 11) is 1.45. The fourth-order valence-corrected chi connectivity index (χ4v) is 4.46. The van der Waals surface area contributed by atoms with Gasteiger partial charge in [0.2, 0.25) is 0 Å². The highest BCUT2D eigenvalue weighted by atomic mass is 19.4. The van der Waals surface area contributed by atoms with Crippen LogP contribution >= 0.6 is 0 Å². The van der Waals surface area contributed by atoms with E-state index in [9.17, 15) is 18.0 Å². The third kappa shape index (κ3) is 5.00. The number of nitrogens with two attached hydrogens (primary N) is 2. The van der Waals surface area contributed by atoms with E-state index in [4.69, 9.17) is 11.5 Å². The van der Waals surface area contributed by atoms with Crippen LogP contribution in [0.25, 0.3) is 11.1 Å². The van der Waals surface area contributed by atoms with Crippen molar-refractivity contribution in [3.8, 4) is 11.1 Å². The third-order valence-corrected chi connectivity index (χ3v) is 6.17. The molecule has 8 nitrogen and oxygen atoms in total. The summed E-state index contributed by atoms with van der Waals surface area (Å²) in [6.45, 7) is 4.49. The number of benzene rings is 1. The van der Waals surface area contributed by atoms with E-state index < -0.39 is 11.9 Å². The molecule has 2 aromatic heterocycles. The zero-order chi connectivity index (χ0) is 26.2. The van der Waals surface area contributed by atoms with Crippen LogP contribution < -0.4 is 11.5 Å². The number of aryl methyl sites for hydroxylation is 2. The molecule has 36 heavy (non-hydrogen) atoms. The van der Waals surface area contributed by atoms with E-state index in [0.717, 1.165) is 16.1 Å². The smallest absolute Gasteiger partial charge is 0.404 e. The van der Waals surface area contributed by atoms with Gasteiger partial charge in [-0.15, -0.1) is 0 Å². The zero-order valence-electron chi connectivity index (χ0n) is 20.3. The van der Waals surface area contributed by atoms with Crippen molar-refractivity contribution in [3.63, 3.8) is 0 Å². The second-order valence-corrected chi connectivity index (χ2v) is 8.94. The van der Waals surface area contributed by atoms with Gasteiger partial charge in [-0.05, 0) is 66.9 Å². The van der Waals surface area contributed by atoms with Crippen LogP contribution in [0.3, 0.4) is 0 Å². The minimum absolute atomic E-state index is 0.0465. The van der Waals surface area contributed by atoms with E-state index >= 15 is 0 Å². The lowest BCUT2D eigenvalue weighted by Crippen LogP contribution is -2.40. The van der Waals surface area contributed by atoms with E-state index in [1.54, 1.807) is 42.4 Å². The Morgan fingerprint density at radius 1 is 1.22 bits per heavy atom. The summed E-state index contributed by atoms with van der Waals surface area (Å²) in [5.74, 6) is 0.464. The fraction of sp³-hybridized carbons (Fsp3) is 0.320. The number of alkyl halides is 3. The molecular weight excluding hydrogens is 471 g/mol. The predicted molar refractivity (Wildman–Crippen MR) is 130 cm³/mol. The number of carbonyl (C=O) groups is 1. The summed E-state index contributed by atoms with van der Waals surface area (Å²) >= 11 is 0. The Bertz CT molecular complexity index is 1360. The first-order valence-electron chi connectivity index (χ1n) is 11.4. The number of rotatable bonds is 6. The van der Waals surface area contributed by atoms with Gasteiger partial charge in [-0.1, -0.05) is 0 Å². The molecule has 4 N–H and O–H groups in total. The first kappa shape index (κ1) is 25.1. The summed E-state index contributed by atoms with van der Waals surface area (Å²) in [6, 6.07) is 3.47. The minimum atomic E-state index is -4.64. The van der Waals surface area contributed by atoms with E-state index in [0.29, 0.717) is 47.5 Å². The second-order valence-electron chi connectivity index (χ2n) is 8.94. The standard InChI is InChI=1S/C25H28F3N7O/c1-15(11-29)8-18(30)13-35-6-4-19-20(22-14-33(3)32-23(22)25(26,27)28)9-17(10-21(19)24(35)36)12-34-7-5-31-16(34)2/h5,7-11,14H,4,6,12-13,29-30H2,1-3H3/b15-11-,18-8-. The van der Waals surface area contributed by atoms with Gasteiger partial charge >= 0.3 is 6.18 Å². The molecule has 0 saturated carbocycles. The quantitative estimate of drug-likeness (QED) is 0.506. The monoisotopic (exact) mass is 499 g/mol. The molecule has 1 amide bonds. The summed E-state index contributed by atoms with van der Waals surface area (Å²) in [6.07, 6.45) is 3.64. The van der Waals surface area contributed by atoms with E-state index in [-0.39, 0.29) is 18.0 Å². The molecule has 0 atom stereocenters. The Morgan fingerprint density at radius 3 is 2.58 bits per heavy atom. The molecule has 0 saturated heterocycles. The SMILES string of the molecule is CC(=C/N)/C=C(\N)CN1CCc2c(cc(Cn3ccnc3C)cc2-c2cn(C)nc2C(F)(F)F)C1=O. The van der Waals surface area contributed by atoms with Crippen molar-refractivity contribution < 1.29 is 18.0 Å². The summed E-state index contributed by atoms with van der Waals surface area (Å²) < 4.78 is 44.6. The van der Waals surface area contributed by atoms with Crippen LogP contribution in [0.15, 0.2) is 54.3 Å². The maximum absolute atomic E-state index is 13.9. The van der Waals surface area contributed by atoms with E-state index in [2.05, 4.69) is 10.1 Å². The van der Waals surface area contributed by atoms with E-state index in [1.807, 2.05) is 11.5 Å². The number of nitrogens with zero attached hydrogens (tertiary/aromatic N) is 5. The molecule has 1 aliphatic heterocycles. The molecule has 0 bridgehead atoms. The lowest BCUT2D eigenvalue weighted by Gasteiger charge is -2.31. The molecule has 0 aliphatic carbocycles. The molecule has 0 fully saturated rings. The Labute approximate surface area is 206 Å². The Morgan fingerprint density at radius 2 is 1.94 bits per heavy atom. The molecular formula is C25H28F3N7O. The van der Waals surface area contributed by atoms with Gasteiger partial charge in [0.05, 0.1) is 6.54 Å². The highest BCUT2D eigenvalue weighted by Crippen LogP contribution is 2.40. The van der Waals surface area contributed by atoms with Crippen LogP contribution in [0.1, 0.15) is 39.9 Å². The van der Waals surface area contributed by atoms with Crippen LogP contribution in [0.4, 0.5) is 13.2 Å². The number of hydrogen-bond acceptors (Lipinski definition) is 5. The number of amides is 1. The number of halogens is 3. The first-order valence-corrected chi connectivity index (χ1v) is 11.4. The van der Waals surface area contributed by atoms with Crippen molar-refractivity contribution in [2.75, 3.05) is 13.1 Å². The second kappa shape index (κ2) is 9.56. The molecule has 3 heterocycles. The van der Waals surface area contributed by atoms with Crippen molar-refractivity contribution in [1.29, 1.82) is 0 Å². The zero-order valence-corrected chi connectivity index (χ0v) is 20.3. The molecule has 190 valence electrons. The Kier molecular flexibility index (Phi) is 6.66. The first-order chi connectivity index (χ1) is 17.0. The van der Waals surface area contributed by atoms with Gasteiger partial charge in [-0.25, -0.2) is 4.98 Å². The molecule has 3 aromatic rings. The maximum atomic E-state index is 13.9. The molecule has 4 rings (SSSR count). The van der Waals surface area contributed by atoms with Crippen LogP contribution in [-0.4, -0.2) is 43.2 Å². The van der Waals surface area contributed by atoms with Gasteiger partial charge in [-0.3, -0.25) is 9.48 Å². The molecule has 0 radical (unpaired) electrons. The van der Waals surface area contributed by atoms with Gasteiger partial charge in [0, 0.05) is 55.6 Å². The van der Waals surface area contributed by atoms with Gasteiger partial charge in [-0.2, -0.15) is 18.3 Å². The van der Waals surface area contributed by atoms with Gasteiger partial charge in [0.1, 0.15) is 5.82 Å². The molecule has 11 heteroatoms. The van der Waals surface area contributed by atoms with Gasteiger partial charge < -0.3 is 20.9 Å². The molecule has 1 aliphatic rings. The predicted octanol–water partition coefficient (Wildman–Crippen LogP) is 3.36. The average Bonchev–Trinajstić information content (AvgIpc) is 3.40. The fourth-order valence-electron chi connectivity index (χ4n) is 4.46. The number of fused-ring (bicyclic) bond motifs is 1. The Balaban J connectivity index is 1.82. The van der Waals surface area contributed by atoms with E-state index in [1.165, 1.54) is 19.4 Å². The van der Waals surface area contributed by atoms with Crippen LogP contribution in [0.2, 0.25) is 0 Å². The topological polar surface area (TPSA) is 108 Å². The maximum Gasteiger partial charge on any atom is 0.435 e. The summed E-state index contributed by atoms with van der Waals surface area (Å²) in [5, 5.41) is 3.68. The molecule has 1 aromatic carbocycles. The normalized spacial score (nSPS) is 14.9. The largest absolute Gasteiger partial charge is 0.435 e. The van der Waals surface area contributed by atoms with Gasteiger partial charge in [0.15, 0.2) is 5.69 Å². The van der Waals surface area contributed by atoms with Crippen LogP contribution in [-0.2, 0) is 26.2 Å². The van der Waals surface area contributed by atoms with Crippen molar-refractivity contribution in [3.05, 3.63) is 82.5 Å². The van der Waals surface area contributed by atoms with Crippen molar-refractivity contribution in [2.24, 2.45) is 18.5 Å². The molecule has 0 unspecified atom stereocenters. The van der Waals surface area contributed by atoms with Crippen molar-refractivity contribution >= 4 is 5.91 Å². The van der Waals surface area contributed by atoms with Crippen molar-refractivity contribution in [1.82, 2.24) is 24.2 Å². The highest BCUT2D eigenvalue weighted by molar-refractivity contribution is 5.99.